The smallest absolute Gasteiger partial charge is 0.230 e. The number of nitrogens with zero attached hydrogens (tertiary/aromatic N) is 1. The van der Waals surface area contributed by atoms with E-state index in [-0.39, 0.29) is 11.8 Å². The molecule has 1 heterocycles. The Kier molecular flexibility index (Phi) is 5.84. The number of hydrogen-bond donors (Lipinski definition) is 1. The summed E-state index contributed by atoms with van der Waals surface area (Å²) in [7, 11) is 0. The first-order valence-corrected chi connectivity index (χ1v) is 11.0. The molecule has 4 heteroatoms. The Bertz CT molecular complexity index is 734. The molecule has 1 unspecified atom stereocenters. The fourth-order valence-corrected chi connectivity index (χ4v) is 5.34. The van der Waals surface area contributed by atoms with Crippen molar-refractivity contribution in [3.63, 3.8) is 0 Å². The largest absolute Gasteiger partial charge is 0.355 e. The number of likely N-dealkylation sites (tertiary alicyclic amines) is 1. The molecule has 28 heavy (non-hydrogen) atoms. The lowest BCUT2D eigenvalue weighted by molar-refractivity contribution is -0.132. The van der Waals surface area contributed by atoms with Gasteiger partial charge in [-0.25, -0.2) is 0 Å². The van der Waals surface area contributed by atoms with Crippen LogP contribution in [0.1, 0.15) is 63.4 Å². The molecule has 1 atom stereocenters. The lowest BCUT2D eigenvalue weighted by Crippen LogP contribution is -2.45. The van der Waals surface area contributed by atoms with Gasteiger partial charge >= 0.3 is 0 Å². The Morgan fingerprint density at radius 2 is 1.86 bits per heavy atom. The van der Waals surface area contributed by atoms with E-state index in [0.29, 0.717) is 18.9 Å². The first-order valence-electron chi connectivity index (χ1n) is 11.0. The first-order chi connectivity index (χ1) is 13.7. The van der Waals surface area contributed by atoms with E-state index in [1.165, 1.54) is 18.4 Å². The number of carbonyl (C=O) groups is 2. The van der Waals surface area contributed by atoms with Crippen molar-refractivity contribution in [1.29, 1.82) is 0 Å². The highest BCUT2D eigenvalue weighted by Gasteiger charge is 2.42. The normalized spacial score (nSPS) is 23.6. The lowest BCUT2D eigenvalue weighted by Gasteiger charge is -2.36. The van der Waals surface area contributed by atoms with Gasteiger partial charge in [0.05, 0.1) is 5.41 Å². The first kappa shape index (κ1) is 19.2. The topological polar surface area (TPSA) is 49.4 Å². The molecule has 0 spiro atoms. The average Bonchev–Trinajstić information content (AvgIpc) is 3.25. The second-order valence-corrected chi connectivity index (χ2v) is 8.67. The minimum absolute atomic E-state index is 0.0951. The van der Waals surface area contributed by atoms with Gasteiger partial charge in [-0.15, -0.1) is 0 Å². The summed E-state index contributed by atoms with van der Waals surface area (Å²) in [4.78, 5) is 27.7. The number of hydrogen-bond acceptors (Lipinski definition) is 2. The van der Waals surface area contributed by atoms with Crippen LogP contribution in [-0.2, 0) is 15.0 Å². The zero-order valence-corrected chi connectivity index (χ0v) is 16.8. The van der Waals surface area contributed by atoms with Gasteiger partial charge in [-0.1, -0.05) is 54.8 Å². The van der Waals surface area contributed by atoms with E-state index in [1.54, 1.807) is 0 Å². The number of benzene rings is 1. The molecule has 1 N–H and O–H groups in total. The van der Waals surface area contributed by atoms with Crippen molar-refractivity contribution in [1.82, 2.24) is 10.2 Å². The van der Waals surface area contributed by atoms with E-state index in [9.17, 15) is 9.59 Å². The highest BCUT2D eigenvalue weighted by molar-refractivity contribution is 5.89. The highest BCUT2D eigenvalue weighted by atomic mass is 16.2. The Morgan fingerprint density at radius 1 is 1.07 bits per heavy atom. The summed E-state index contributed by atoms with van der Waals surface area (Å²) in [5.74, 6) is 0.966. The number of fused-ring (bicyclic) bond motifs is 1. The Labute approximate surface area is 168 Å². The lowest BCUT2D eigenvalue weighted by atomic mass is 9.78. The number of nitrogens with one attached hydrogen (secondary N) is 1. The fraction of sp³-hybridized carbons (Fsp3) is 0.583. The summed E-state index contributed by atoms with van der Waals surface area (Å²) in [6.45, 7) is 2.10. The maximum Gasteiger partial charge on any atom is 0.230 e. The van der Waals surface area contributed by atoms with Crippen LogP contribution in [0.4, 0.5) is 0 Å². The minimum atomic E-state index is -0.407. The zero-order chi connectivity index (χ0) is 19.4. The van der Waals surface area contributed by atoms with Gasteiger partial charge in [0.25, 0.3) is 0 Å². The summed E-state index contributed by atoms with van der Waals surface area (Å²) >= 11 is 0. The maximum absolute atomic E-state index is 13.1. The van der Waals surface area contributed by atoms with Crippen LogP contribution in [0.5, 0.6) is 0 Å². The van der Waals surface area contributed by atoms with Crippen molar-refractivity contribution >= 4 is 11.8 Å². The van der Waals surface area contributed by atoms with E-state index in [2.05, 4.69) is 23.5 Å². The molecule has 1 saturated carbocycles. The van der Waals surface area contributed by atoms with Gasteiger partial charge in [0.15, 0.2) is 0 Å². The number of amides is 2. The molecule has 1 aliphatic heterocycles. The third-order valence-electron chi connectivity index (χ3n) is 7.00. The van der Waals surface area contributed by atoms with Crippen LogP contribution in [0.2, 0.25) is 0 Å². The highest BCUT2D eigenvalue weighted by Crippen LogP contribution is 2.41. The summed E-state index contributed by atoms with van der Waals surface area (Å²) < 4.78 is 0. The van der Waals surface area contributed by atoms with Gasteiger partial charge in [-0.05, 0) is 50.0 Å². The third kappa shape index (κ3) is 3.87. The molecule has 0 bridgehead atoms. The van der Waals surface area contributed by atoms with Crippen molar-refractivity contribution < 1.29 is 9.59 Å². The predicted octanol–water partition coefficient (Wildman–Crippen LogP) is 3.96. The standard InChI is InChI=1S/C24H32N2O2/c27-22(26-17-13-19-8-4-5-9-20(19)18-26)12-16-25-23(28)24(14-6-7-15-24)21-10-2-1-3-11-21/h1-3,9-11,19H,4-8,12-18H2,(H,25,28). The average molecular weight is 381 g/mol. The summed E-state index contributed by atoms with van der Waals surface area (Å²) in [5, 5.41) is 3.09. The monoisotopic (exact) mass is 380 g/mol. The van der Waals surface area contributed by atoms with E-state index in [4.69, 9.17) is 0 Å². The molecule has 3 aliphatic rings. The van der Waals surface area contributed by atoms with Crippen molar-refractivity contribution in [2.45, 2.75) is 63.2 Å². The number of allylic oxidation sites excluding steroid dienone is 1. The van der Waals surface area contributed by atoms with Gasteiger partial charge in [-0.2, -0.15) is 0 Å². The maximum atomic E-state index is 13.1. The second kappa shape index (κ2) is 8.50. The molecule has 0 aromatic heterocycles. The summed E-state index contributed by atoms with van der Waals surface area (Å²) in [6, 6.07) is 10.1. The Hall–Kier alpha value is -2.10. The van der Waals surface area contributed by atoms with Crippen molar-refractivity contribution in [2.75, 3.05) is 19.6 Å². The van der Waals surface area contributed by atoms with Crippen LogP contribution >= 0.6 is 0 Å². The number of carbonyl (C=O) groups excluding carboxylic acids is 2. The van der Waals surface area contributed by atoms with Gasteiger partial charge in [0, 0.05) is 26.1 Å². The molecule has 2 aliphatic carbocycles. The summed E-state index contributed by atoms with van der Waals surface area (Å²) in [5.41, 5.74) is 2.17. The summed E-state index contributed by atoms with van der Waals surface area (Å²) in [6.07, 6.45) is 11.6. The van der Waals surface area contributed by atoms with Gasteiger partial charge in [0.1, 0.15) is 0 Å². The van der Waals surface area contributed by atoms with Gasteiger partial charge in [0.2, 0.25) is 11.8 Å². The molecule has 1 saturated heterocycles. The van der Waals surface area contributed by atoms with E-state index in [0.717, 1.165) is 57.2 Å². The SMILES string of the molecule is O=C(CCNC(=O)C1(c2ccccc2)CCCC1)N1CCC2CCCC=C2C1. The van der Waals surface area contributed by atoms with Crippen molar-refractivity contribution in [2.24, 2.45) is 5.92 Å². The van der Waals surface area contributed by atoms with E-state index in [1.807, 2.05) is 23.1 Å². The second-order valence-electron chi connectivity index (χ2n) is 8.67. The third-order valence-corrected chi connectivity index (χ3v) is 7.00. The molecule has 0 radical (unpaired) electrons. The van der Waals surface area contributed by atoms with Gasteiger partial charge < -0.3 is 10.2 Å². The number of rotatable bonds is 5. The Morgan fingerprint density at radius 3 is 2.64 bits per heavy atom. The van der Waals surface area contributed by atoms with Crippen LogP contribution in [0.15, 0.2) is 42.0 Å². The van der Waals surface area contributed by atoms with Crippen LogP contribution in [0.25, 0.3) is 0 Å². The molecule has 4 rings (SSSR count). The Balaban J connectivity index is 1.31. The predicted molar refractivity (Wildman–Crippen MR) is 111 cm³/mol. The molecule has 1 aromatic carbocycles. The quantitative estimate of drug-likeness (QED) is 0.786. The zero-order valence-electron chi connectivity index (χ0n) is 16.8. The molecule has 2 fully saturated rings. The van der Waals surface area contributed by atoms with Crippen LogP contribution in [-0.4, -0.2) is 36.3 Å². The minimum Gasteiger partial charge on any atom is -0.355 e. The van der Waals surface area contributed by atoms with Gasteiger partial charge in [-0.3, -0.25) is 9.59 Å². The van der Waals surface area contributed by atoms with E-state index < -0.39 is 5.41 Å². The molecule has 150 valence electrons. The molecule has 4 nitrogen and oxygen atoms in total. The molecule has 1 aromatic rings. The molecule has 2 amide bonds. The van der Waals surface area contributed by atoms with Crippen LogP contribution < -0.4 is 5.32 Å². The molecular weight excluding hydrogens is 348 g/mol. The molecular formula is C24H32N2O2. The van der Waals surface area contributed by atoms with E-state index >= 15 is 0 Å². The number of piperidine rings is 1. The fourth-order valence-electron chi connectivity index (χ4n) is 5.34. The van der Waals surface area contributed by atoms with Crippen LogP contribution in [0, 0.1) is 5.92 Å². The van der Waals surface area contributed by atoms with Crippen molar-refractivity contribution in [3.8, 4) is 0 Å². The van der Waals surface area contributed by atoms with Crippen LogP contribution in [0.3, 0.4) is 0 Å². The van der Waals surface area contributed by atoms with Crippen molar-refractivity contribution in [3.05, 3.63) is 47.5 Å².